The highest BCUT2D eigenvalue weighted by atomic mass is 14.8. The zero-order valence-corrected chi connectivity index (χ0v) is 11.7. The fourth-order valence-electron chi connectivity index (χ4n) is 2.23. The molecule has 2 aromatic heterocycles. The smallest absolute Gasteiger partial charge is 0.0886 e. The fourth-order valence-corrected chi connectivity index (χ4v) is 2.23. The van der Waals surface area contributed by atoms with Crippen LogP contribution in [0.5, 0.6) is 0 Å². The summed E-state index contributed by atoms with van der Waals surface area (Å²) in [4.78, 5) is 12.2. The van der Waals surface area contributed by atoms with Crippen LogP contribution >= 0.6 is 0 Å². The van der Waals surface area contributed by atoms with E-state index < -0.39 is 0 Å². The molecule has 0 aliphatic rings. The highest BCUT2D eigenvalue weighted by Crippen LogP contribution is 2.25. The van der Waals surface area contributed by atoms with Gasteiger partial charge >= 0.3 is 0 Å². The molecule has 0 unspecified atom stereocenters. The van der Waals surface area contributed by atoms with Crippen LogP contribution in [0.3, 0.4) is 0 Å². The summed E-state index contributed by atoms with van der Waals surface area (Å²) < 4.78 is 0. The molecule has 2 heterocycles. The lowest BCUT2D eigenvalue weighted by atomic mass is 10.1. The number of hydrogen-bond donors (Lipinski definition) is 2. The molecular formula is C16H18N4. The number of rotatable bonds is 3. The molecule has 0 aliphatic heterocycles. The summed E-state index contributed by atoms with van der Waals surface area (Å²) in [6.07, 6.45) is 3.50. The van der Waals surface area contributed by atoms with Crippen LogP contribution in [0.4, 0.5) is 0 Å². The maximum absolute atomic E-state index is 5.54. The normalized spacial score (nSPS) is 11.4. The number of nitrogens with zero attached hydrogens (tertiary/aromatic N) is 2. The molecule has 3 N–H and O–H groups in total. The van der Waals surface area contributed by atoms with Gasteiger partial charge in [0.25, 0.3) is 0 Å². The van der Waals surface area contributed by atoms with Gasteiger partial charge in [0.05, 0.1) is 23.8 Å². The van der Waals surface area contributed by atoms with Crippen LogP contribution < -0.4 is 5.73 Å². The summed E-state index contributed by atoms with van der Waals surface area (Å²) in [5.41, 5.74) is 10.7. The average molecular weight is 266 g/mol. The van der Waals surface area contributed by atoms with Crippen LogP contribution in [0, 0.1) is 0 Å². The van der Waals surface area contributed by atoms with Gasteiger partial charge in [0, 0.05) is 23.3 Å². The lowest BCUT2D eigenvalue weighted by molar-refractivity contribution is 0.836. The Labute approximate surface area is 118 Å². The van der Waals surface area contributed by atoms with E-state index in [0.29, 0.717) is 12.5 Å². The van der Waals surface area contributed by atoms with Gasteiger partial charge < -0.3 is 10.7 Å². The molecule has 1 aromatic carbocycles. The first kappa shape index (κ1) is 12.8. The number of aromatic amines is 1. The lowest BCUT2D eigenvalue weighted by Gasteiger charge is -2.02. The first-order valence-corrected chi connectivity index (χ1v) is 6.81. The van der Waals surface area contributed by atoms with Crippen molar-refractivity contribution in [3.8, 4) is 11.3 Å². The highest BCUT2D eigenvalue weighted by molar-refractivity contribution is 5.85. The van der Waals surface area contributed by atoms with Gasteiger partial charge in [0.2, 0.25) is 0 Å². The van der Waals surface area contributed by atoms with Crippen LogP contribution in [-0.2, 0) is 6.54 Å². The van der Waals surface area contributed by atoms with Crippen molar-refractivity contribution in [2.75, 3.05) is 0 Å². The van der Waals surface area contributed by atoms with Crippen molar-refractivity contribution < 1.29 is 0 Å². The fraction of sp³-hybridized carbons (Fsp3) is 0.250. The molecule has 4 nitrogen and oxygen atoms in total. The summed E-state index contributed by atoms with van der Waals surface area (Å²) in [5.74, 6) is 0.495. The molecule has 0 spiro atoms. The van der Waals surface area contributed by atoms with Gasteiger partial charge in [-0.15, -0.1) is 0 Å². The van der Waals surface area contributed by atoms with E-state index in [9.17, 15) is 0 Å². The molecule has 0 atom stereocenters. The van der Waals surface area contributed by atoms with Gasteiger partial charge in [-0.1, -0.05) is 26.0 Å². The maximum Gasteiger partial charge on any atom is 0.0886 e. The molecule has 102 valence electrons. The molecule has 3 rings (SSSR count). The first-order valence-electron chi connectivity index (χ1n) is 6.81. The van der Waals surface area contributed by atoms with E-state index in [1.54, 1.807) is 12.4 Å². The molecule has 0 saturated carbocycles. The second-order valence-electron chi connectivity index (χ2n) is 5.28. The van der Waals surface area contributed by atoms with Crippen LogP contribution in [-0.4, -0.2) is 15.0 Å². The Kier molecular flexibility index (Phi) is 3.24. The van der Waals surface area contributed by atoms with Crippen molar-refractivity contribution in [1.82, 2.24) is 15.0 Å². The highest BCUT2D eigenvalue weighted by Gasteiger charge is 2.07. The Hall–Kier alpha value is -2.20. The Morgan fingerprint density at radius 1 is 1.15 bits per heavy atom. The second kappa shape index (κ2) is 5.06. The minimum absolute atomic E-state index is 0.417. The van der Waals surface area contributed by atoms with E-state index in [1.807, 2.05) is 0 Å². The number of aromatic nitrogens is 3. The quantitative estimate of drug-likeness (QED) is 0.765. The average Bonchev–Trinajstić information content (AvgIpc) is 2.90. The third kappa shape index (κ3) is 2.30. The molecule has 0 radical (unpaired) electrons. The van der Waals surface area contributed by atoms with E-state index in [4.69, 9.17) is 5.73 Å². The van der Waals surface area contributed by atoms with Crippen molar-refractivity contribution >= 4 is 10.9 Å². The molecular weight excluding hydrogens is 248 g/mol. The number of fused-ring (bicyclic) bond motifs is 1. The summed E-state index contributed by atoms with van der Waals surface area (Å²) in [6.45, 7) is 4.78. The van der Waals surface area contributed by atoms with Crippen LogP contribution in [0.15, 0.2) is 36.7 Å². The van der Waals surface area contributed by atoms with Gasteiger partial charge in [-0.2, -0.15) is 0 Å². The van der Waals surface area contributed by atoms with Gasteiger partial charge in [-0.3, -0.25) is 9.97 Å². The first-order chi connectivity index (χ1) is 9.67. The third-order valence-corrected chi connectivity index (χ3v) is 3.48. The van der Waals surface area contributed by atoms with E-state index in [-0.39, 0.29) is 0 Å². The standard InChI is InChI=1S/C16H18N4/c1-10(2)14-5-11-3-4-12(6-15(11)20-14)16-9-18-13(7-17)8-19-16/h3-6,8-10,20H,7,17H2,1-2H3. The predicted octanol–water partition coefficient (Wildman–Crippen LogP) is 3.21. The topological polar surface area (TPSA) is 67.6 Å². The molecule has 0 bridgehead atoms. The SMILES string of the molecule is CC(C)c1cc2ccc(-c3cnc(CN)cn3)cc2[nH]1. The van der Waals surface area contributed by atoms with Crippen molar-refractivity contribution in [1.29, 1.82) is 0 Å². The van der Waals surface area contributed by atoms with Gasteiger partial charge in [-0.05, 0) is 23.4 Å². The summed E-state index contributed by atoms with van der Waals surface area (Å²) >= 11 is 0. The van der Waals surface area contributed by atoms with Crippen LogP contribution in [0.2, 0.25) is 0 Å². The minimum atomic E-state index is 0.417. The zero-order chi connectivity index (χ0) is 14.1. The Balaban J connectivity index is 2.02. The van der Waals surface area contributed by atoms with Crippen LogP contribution in [0.1, 0.15) is 31.2 Å². The zero-order valence-electron chi connectivity index (χ0n) is 11.7. The number of H-pyrrole nitrogens is 1. The lowest BCUT2D eigenvalue weighted by Crippen LogP contribution is -2.00. The molecule has 4 heteroatoms. The Bertz CT molecular complexity index is 726. The van der Waals surface area contributed by atoms with E-state index in [0.717, 1.165) is 22.5 Å². The van der Waals surface area contributed by atoms with Crippen molar-refractivity contribution in [3.63, 3.8) is 0 Å². The Morgan fingerprint density at radius 2 is 2.00 bits per heavy atom. The monoisotopic (exact) mass is 266 g/mol. The van der Waals surface area contributed by atoms with Gasteiger partial charge in [0.1, 0.15) is 0 Å². The van der Waals surface area contributed by atoms with E-state index in [1.165, 1.54) is 11.1 Å². The van der Waals surface area contributed by atoms with Gasteiger partial charge in [0.15, 0.2) is 0 Å². The van der Waals surface area contributed by atoms with Crippen molar-refractivity contribution in [3.05, 3.63) is 48.0 Å². The van der Waals surface area contributed by atoms with Crippen molar-refractivity contribution in [2.45, 2.75) is 26.3 Å². The Morgan fingerprint density at radius 3 is 2.65 bits per heavy atom. The molecule has 20 heavy (non-hydrogen) atoms. The molecule has 0 aliphatic carbocycles. The summed E-state index contributed by atoms with van der Waals surface area (Å²) in [7, 11) is 0. The molecule has 0 amide bonds. The molecule has 0 saturated heterocycles. The minimum Gasteiger partial charge on any atom is -0.358 e. The third-order valence-electron chi connectivity index (χ3n) is 3.48. The summed E-state index contributed by atoms with van der Waals surface area (Å²) in [6, 6.07) is 8.51. The van der Waals surface area contributed by atoms with E-state index >= 15 is 0 Å². The largest absolute Gasteiger partial charge is 0.358 e. The second-order valence-corrected chi connectivity index (χ2v) is 5.28. The number of nitrogens with one attached hydrogen (secondary N) is 1. The number of hydrogen-bond acceptors (Lipinski definition) is 3. The molecule has 0 fully saturated rings. The van der Waals surface area contributed by atoms with Gasteiger partial charge in [-0.25, -0.2) is 0 Å². The molecule has 3 aromatic rings. The van der Waals surface area contributed by atoms with E-state index in [2.05, 4.69) is 53.1 Å². The number of benzene rings is 1. The summed E-state index contributed by atoms with van der Waals surface area (Å²) in [5, 5.41) is 1.23. The maximum atomic E-state index is 5.54. The number of nitrogens with two attached hydrogens (primary N) is 1. The van der Waals surface area contributed by atoms with Crippen LogP contribution in [0.25, 0.3) is 22.2 Å². The van der Waals surface area contributed by atoms with Crippen molar-refractivity contribution in [2.24, 2.45) is 5.73 Å². The predicted molar refractivity (Wildman–Crippen MR) is 81.3 cm³/mol.